The van der Waals surface area contributed by atoms with Gasteiger partial charge >= 0.3 is 0 Å². The van der Waals surface area contributed by atoms with Gasteiger partial charge in [0.05, 0.1) is 12.3 Å². The largest absolute Gasteiger partial charge is 0.491 e. The molecule has 0 saturated carbocycles. The third-order valence-electron chi connectivity index (χ3n) is 4.48. The topological polar surface area (TPSA) is 12.5 Å². The summed E-state index contributed by atoms with van der Waals surface area (Å²) in [6.45, 7) is 16.6. The van der Waals surface area contributed by atoms with Crippen LogP contribution in [0, 0.1) is 0 Å². The molecule has 0 aromatic heterocycles. The Labute approximate surface area is 150 Å². The van der Waals surface area contributed by atoms with Crippen molar-refractivity contribution in [3.63, 3.8) is 0 Å². The first-order valence-corrected chi connectivity index (χ1v) is 9.96. The van der Waals surface area contributed by atoms with Gasteiger partial charge in [-0.1, -0.05) is 66.9 Å². The Morgan fingerprint density at radius 1 is 0.875 bits per heavy atom. The molecule has 24 heavy (non-hydrogen) atoms. The fourth-order valence-electron chi connectivity index (χ4n) is 2.73. The molecule has 0 fully saturated rings. The summed E-state index contributed by atoms with van der Waals surface area (Å²) in [4.78, 5) is 2.55. The highest BCUT2D eigenvalue weighted by Crippen LogP contribution is 2.34. The molecular formula is C22H39NO. The number of unbranched alkanes of at least 4 members (excludes halogenated alkanes) is 3. The van der Waals surface area contributed by atoms with Crippen molar-refractivity contribution >= 4 is 5.69 Å². The number of anilines is 1. The Kier molecular flexibility index (Phi) is 9.25. The lowest BCUT2D eigenvalue weighted by Crippen LogP contribution is -2.27. The minimum atomic E-state index is 0.165. The van der Waals surface area contributed by atoms with Crippen LogP contribution in [0.25, 0.3) is 0 Å². The zero-order chi connectivity index (χ0) is 18.0. The summed E-state index contributed by atoms with van der Waals surface area (Å²) in [6.07, 6.45) is 7.21. The number of nitrogens with zero attached hydrogens (tertiary/aromatic N) is 1. The second kappa shape index (κ2) is 10.6. The summed E-state index contributed by atoms with van der Waals surface area (Å²) in [5.41, 5.74) is 2.84. The molecule has 0 aliphatic carbocycles. The molecule has 0 radical (unpaired) electrons. The number of benzene rings is 1. The predicted octanol–water partition coefficient (Wildman–Crippen LogP) is 6.57. The minimum absolute atomic E-state index is 0.165. The Balaban J connectivity index is 3.12. The van der Waals surface area contributed by atoms with Crippen molar-refractivity contribution in [1.82, 2.24) is 0 Å². The third kappa shape index (κ3) is 6.75. The number of ether oxygens (including phenoxy) is 1. The fraction of sp³-hybridized carbons (Fsp3) is 0.727. The number of hydrogen-bond acceptors (Lipinski definition) is 2. The lowest BCUT2D eigenvalue weighted by Gasteiger charge is -2.29. The van der Waals surface area contributed by atoms with E-state index in [1.807, 2.05) is 0 Å². The van der Waals surface area contributed by atoms with Gasteiger partial charge in [0.15, 0.2) is 0 Å². The van der Waals surface area contributed by atoms with Gasteiger partial charge in [0.1, 0.15) is 5.75 Å². The van der Waals surface area contributed by atoms with E-state index >= 15 is 0 Å². The van der Waals surface area contributed by atoms with Crippen LogP contribution in [-0.4, -0.2) is 19.7 Å². The van der Waals surface area contributed by atoms with Crippen LogP contribution < -0.4 is 9.64 Å². The summed E-state index contributed by atoms with van der Waals surface area (Å²) in [6, 6.07) is 6.80. The van der Waals surface area contributed by atoms with Gasteiger partial charge in [-0.3, -0.25) is 0 Å². The van der Waals surface area contributed by atoms with Gasteiger partial charge in [-0.2, -0.15) is 0 Å². The van der Waals surface area contributed by atoms with E-state index in [2.05, 4.69) is 64.6 Å². The SMILES string of the molecule is CCCCOc1ccc(C(C)(C)C)cc1N(CCCC)CCCC. The van der Waals surface area contributed by atoms with Crippen LogP contribution in [0.15, 0.2) is 18.2 Å². The maximum absolute atomic E-state index is 6.14. The number of hydrogen-bond donors (Lipinski definition) is 0. The van der Waals surface area contributed by atoms with Gasteiger partial charge in [-0.05, 0) is 42.4 Å². The normalized spacial score (nSPS) is 11.6. The third-order valence-corrected chi connectivity index (χ3v) is 4.48. The van der Waals surface area contributed by atoms with Gasteiger partial charge in [-0.15, -0.1) is 0 Å². The van der Waals surface area contributed by atoms with E-state index in [1.54, 1.807) is 0 Å². The molecule has 138 valence electrons. The molecule has 2 heteroatoms. The quantitative estimate of drug-likeness (QED) is 0.425. The van der Waals surface area contributed by atoms with Gasteiger partial charge in [0, 0.05) is 13.1 Å². The summed E-state index contributed by atoms with van der Waals surface area (Å²) in [5.74, 6) is 1.06. The highest BCUT2D eigenvalue weighted by atomic mass is 16.5. The summed E-state index contributed by atoms with van der Waals surface area (Å²) < 4.78 is 6.14. The van der Waals surface area contributed by atoms with Gasteiger partial charge in [0.2, 0.25) is 0 Å². The van der Waals surface area contributed by atoms with Crippen LogP contribution in [0.4, 0.5) is 5.69 Å². The first kappa shape index (κ1) is 20.9. The molecule has 2 nitrogen and oxygen atoms in total. The fourth-order valence-corrected chi connectivity index (χ4v) is 2.73. The minimum Gasteiger partial charge on any atom is -0.491 e. The van der Waals surface area contributed by atoms with E-state index in [0.717, 1.165) is 31.9 Å². The van der Waals surface area contributed by atoms with Gasteiger partial charge in [0.25, 0.3) is 0 Å². The van der Waals surface area contributed by atoms with Crippen LogP contribution >= 0.6 is 0 Å². The molecule has 0 spiro atoms. The highest BCUT2D eigenvalue weighted by molar-refractivity contribution is 5.61. The molecule has 0 unspecified atom stereocenters. The van der Waals surface area contributed by atoms with Crippen molar-refractivity contribution < 1.29 is 4.74 Å². The van der Waals surface area contributed by atoms with E-state index in [9.17, 15) is 0 Å². The second-order valence-corrected chi connectivity index (χ2v) is 7.83. The molecule has 1 aromatic carbocycles. The van der Waals surface area contributed by atoms with Crippen molar-refractivity contribution in [2.45, 2.75) is 85.5 Å². The molecule has 0 bridgehead atoms. The van der Waals surface area contributed by atoms with E-state index < -0.39 is 0 Å². The summed E-state index contributed by atoms with van der Waals surface area (Å²) >= 11 is 0. The monoisotopic (exact) mass is 333 g/mol. The average Bonchev–Trinajstić information content (AvgIpc) is 2.55. The maximum atomic E-state index is 6.14. The Morgan fingerprint density at radius 2 is 1.46 bits per heavy atom. The standard InChI is InChI=1S/C22H39NO/c1-7-10-15-23(16-11-8-2)20-18-19(22(4,5)6)13-14-21(20)24-17-12-9-3/h13-14,18H,7-12,15-17H2,1-6H3. The molecule has 0 saturated heterocycles. The number of rotatable bonds is 11. The van der Waals surface area contributed by atoms with Crippen LogP contribution in [0.3, 0.4) is 0 Å². The van der Waals surface area contributed by atoms with E-state index in [0.29, 0.717) is 0 Å². The van der Waals surface area contributed by atoms with Crippen LogP contribution in [0.5, 0.6) is 5.75 Å². The molecule has 0 aliphatic heterocycles. The Morgan fingerprint density at radius 3 is 1.96 bits per heavy atom. The predicted molar refractivity (Wildman–Crippen MR) is 108 cm³/mol. The van der Waals surface area contributed by atoms with Crippen molar-refractivity contribution in [3.05, 3.63) is 23.8 Å². The summed E-state index contributed by atoms with van der Waals surface area (Å²) in [7, 11) is 0. The molecule has 1 rings (SSSR count). The molecule has 0 N–H and O–H groups in total. The first-order valence-electron chi connectivity index (χ1n) is 9.96. The smallest absolute Gasteiger partial charge is 0.142 e. The lowest BCUT2D eigenvalue weighted by molar-refractivity contribution is 0.309. The summed E-state index contributed by atoms with van der Waals surface area (Å²) in [5, 5.41) is 0. The zero-order valence-corrected chi connectivity index (χ0v) is 17.0. The lowest BCUT2D eigenvalue weighted by atomic mass is 9.86. The maximum Gasteiger partial charge on any atom is 0.142 e. The molecular weight excluding hydrogens is 294 g/mol. The van der Waals surface area contributed by atoms with E-state index in [4.69, 9.17) is 4.74 Å². The Bertz CT molecular complexity index is 454. The average molecular weight is 334 g/mol. The van der Waals surface area contributed by atoms with E-state index in [1.165, 1.54) is 43.4 Å². The van der Waals surface area contributed by atoms with Crippen LogP contribution in [0.1, 0.15) is 85.6 Å². The second-order valence-electron chi connectivity index (χ2n) is 7.83. The van der Waals surface area contributed by atoms with Gasteiger partial charge in [-0.25, -0.2) is 0 Å². The molecule has 0 amide bonds. The zero-order valence-electron chi connectivity index (χ0n) is 17.0. The van der Waals surface area contributed by atoms with E-state index in [-0.39, 0.29) is 5.41 Å². The van der Waals surface area contributed by atoms with Crippen LogP contribution in [-0.2, 0) is 5.41 Å². The van der Waals surface area contributed by atoms with Crippen molar-refractivity contribution in [1.29, 1.82) is 0 Å². The molecule has 0 heterocycles. The molecule has 0 atom stereocenters. The van der Waals surface area contributed by atoms with Crippen molar-refractivity contribution in [3.8, 4) is 5.75 Å². The van der Waals surface area contributed by atoms with Crippen molar-refractivity contribution in [2.75, 3.05) is 24.6 Å². The molecule has 1 aromatic rings. The Hall–Kier alpha value is -1.18. The van der Waals surface area contributed by atoms with Crippen molar-refractivity contribution in [2.24, 2.45) is 0 Å². The first-order chi connectivity index (χ1) is 11.4. The van der Waals surface area contributed by atoms with Gasteiger partial charge < -0.3 is 9.64 Å². The molecule has 0 aliphatic rings. The van der Waals surface area contributed by atoms with Crippen LogP contribution in [0.2, 0.25) is 0 Å². The highest BCUT2D eigenvalue weighted by Gasteiger charge is 2.19.